The summed E-state index contributed by atoms with van der Waals surface area (Å²) in [5.41, 5.74) is 0. The second-order valence-electron chi connectivity index (χ2n) is 4.26. The first-order valence-electron chi connectivity index (χ1n) is 5.29. The summed E-state index contributed by atoms with van der Waals surface area (Å²) in [5.74, 6) is -5.54. The number of nitrogens with zero attached hydrogens (tertiary/aromatic N) is 1. The van der Waals surface area contributed by atoms with Crippen LogP contribution in [0.3, 0.4) is 0 Å². The van der Waals surface area contributed by atoms with Gasteiger partial charge in [0.2, 0.25) is 0 Å². The van der Waals surface area contributed by atoms with Gasteiger partial charge in [0, 0.05) is 12.2 Å². The van der Waals surface area contributed by atoms with E-state index in [0.29, 0.717) is 11.8 Å². The van der Waals surface area contributed by atoms with Crippen LogP contribution in [0.2, 0.25) is 0 Å². The molecule has 0 heterocycles. The summed E-state index contributed by atoms with van der Waals surface area (Å²) in [6.07, 6.45) is -14.0. The van der Waals surface area contributed by atoms with E-state index in [4.69, 9.17) is 5.26 Å². The van der Waals surface area contributed by atoms with E-state index < -0.39 is 48.0 Å². The van der Waals surface area contributed by atoms with E-state index in [0.717, 1.165) is 6.92 Å². The highest BCUT2D eigenvalue weighted by Gasteiger charge is 2.57. The van der Waals surface area contributed by atoms with Gasteiger partial charge in [-0.15, -0.1) is 11.8 Å². The molecular formula is C10H11F8NS. The van der Waals surface area contributed by atoms with Crippen molar-refractivity contribution in [2.45, 2.75) is 49.2 Å². The third kappa shape index (κ3) is 6.63. The van der Waals surface area contributed by atoms with Crippen molar-refractivity contribution in [2.24, 2.45) is 0 Å². The highest BCUT2D eigenvalue weighted by molar-refractivity contribution is 8.00. The maximum atomic E-state index is 12.7. The van der Waals surface area contributed by atoms with Gasteiger partial charge >= 0.3 is 18.3 Å². The van der Waals surface area contributed by atoms with Gasteiger partial charge in [-0.1, -0.05) is 0 Å². The van der Waals surface area contributed by atoms with E-state index in [2.05, 4.69) is 0 Å². The molecule has 0 N–H and O–H groups in total. The zero-order valence-corrected chi connectivity index (χ0v) is 11.0. The Morgan fingerprint density at radius 1 is 0.900 bits per heavy atom. The van der Waals surface area contributed by atoms with Crippen LogP contribution in [0.5, 0.6) is 0 Å². The first kappa shape index (κ1) is 19.3. The van der Waals surface area contributed by atoms with Crippen LogP contribution in [0.15, 0.2) is 0 Å². The van der Waals surface area contributed by atoms with Gasteiger partial charge in [-0.05, 0) is 13.3 Å². The largest absolute Gasteiger partial charge is 0.453 e. The lowest BCUT2D eigenvalue weighted by Crippen LogP contribution is -2.38. The fraction of sp³-hybridized carbons (Fsp3) is 0.900. The average Bonchev–Trinajstić information content (AvgIpc) is 2.23. The molecule has 0 bridgehead atoms. The summed E-state index contributed by atoms with van der Waals surface area (Å²) in [7, 11) is 0. The van der Waals surface area contributed by atoms with E-state index in [9.17, 15) is 35.1 Å². The van der Waals surface area contributed by atoms with Crippen molar-refractivity contribution in [3.8, 4) is 6.07 Å². The molecule has 20 heavy (non-hydrogen) atoms. The molecule has 0 aromatic heterocycles. The van der Waals surface area contributed by atoms with E-state index in [-0.39, 0.29) is 0 Å². The maximum absolute atomic E-state index is 12.7. The fourth-order valence-corrected chi connectivity index (χ4v) is 2.18. The van der Waals surface area contributed by atoms with Gasteiger partial charge in [0.25, 0.3) is 0 Å². The number of nitriles is 1. The van der Waals surface area contributed by atoms with E-state index >= 15 is 0 Å². The van der Waals surface area contributed by atoms with Crippen molar-refractivity contribution in [1.29, 1.82) is 5.26 Å². The maximum Gasteiger partial charge on any atom is 0.453 e. The third-order valence-electron chi connectivity index (χ3n) is 2.37. The Morgan fingerprint density at radius 3 is 1.75 bits per heavy atom. The smallest absolute Gasteiger partial charge is 0.197 e. The van der Waals surface area contributed by atoms with Gasteiger partial charge in [-0.25, -0.2) is 0 Å². The topological polar surface area (TPSA) is 23.8 Å². The zero-order valence-electron chi connectivity index (χ0n) is 10.2. The van der Waals surface area contributed by atoms with Crippen molar-refractivity contribution >= 4 is 11.8 Å². The fourth-order valence-electron chi connectivity index (χ4n) is 1.09. The SMILES string of the molecule is CC(C#N)(CCC(F)(F)C(F)(F)F)SCCC(F)(F)F. The average molecular weight is 329 g/mol. The van der Waals surface area contributed by atoms with Crippen LogP contribution in [-0.4, -0.2) is 28.8 Å². The number of alkyl halides is 8. The van der Waals surface area contributed by atoms with Gasteiger partial charge < -0.3 is 0 Å². The van der Waals surface area contributed by atoms with Gasteiger partial charge in [-0.3, -0.25) is 0 Å². The van der Waals surface area contributed by atoms with Crippen LogP contribution in [0, 0.1) is 11.3 Å². The highest BCUT2D eigenvalue weighted by Crippen LogP contribution is 2.42. The molecule has 0 spiro atoms. The van der Waals surface area contributed by atoms with Crippen molar-refractivity contribution in [3.05, 3.63) is 0 Å². The minimum Gasteiger partial charge on any atom is -0.197 e. The Kier molecular flexibility index (Phi) is 6.14. The second-order valence-corrected chi connectivity index (χ2v) is 5.86. The molecule has 118 valence electrons. The normalized spacial score (nSPS) is 16.6. The summed E-state index contributed by atoms with van der Waals surface area (Å²) in [6.45, 7) is 1.04. The first-order valence-corrected chi connectivity index (χ1v) is 6.27. The van der Waals surface area contributed by atoms with Gasteiger partial charge in [0.05, 0.1) is 17.2 Å². The summed E-state index contributed by atoms with van der Waals surface area (Å²) in [5, 5.41) is 8.74. The van der Waals surface area contributed by atoms with Crippen molar-refractivity contribution in [2.75, 3.05) is 5.75 Å². The summed E-state index contributed by atoms with van der Waals surface area (Å²) in [4.78, 5) is 0. The van der Waals surface area contributed by atoms with Crippen LogP contribution in [0.1, 0.15) is 26.2 Å². The predicted molar refractivity (Wildman–Crippen MR) is 57.4 cm³/mol. The van der Waals surface area contributed by atoms with Crippen molar-refractivity contribution in [3.63, 3.8) is 0 Å². The van der Waals surface area contributed by atoms with Crippen LogP contribution < -0.4 is 0 Å². The second kappa shape index (κ2) is 6.37. The number of halogens is 8. The number of hydrogen-bond acceptors (Lipinski definition) is 2. The minimum atomic E-state index is -5.74. The molecule has 0 aromatic carbocycles. The zero-order chi connectivity index (χ0) is 16.2. The standard InChI is InChI=1S/C10H11F8NS/c1-7(6-19,20-5-4-9(13,14)15)2-3-8(11,12)10(16,17)18/h2-5H2,1H3. The predicted octanol–water partition coefficient (Wildman–Crippen LogP) is 4.93. The summed E-state index contributed by atoms with van der Waals surface area (Å²) in [6, 6.07) is 1.48. The van der Waals surface area contributed by atoms with Crippen molar-refractivity contribution < 1.29 is 35.1 Å². The number of hydrogen-bond donors (Lipinski definition) is 0. The first-order chi connectivity index (χ1) is 8.72. The van der Waals surface area contributed by atoms with Crippen LogP contribution in [0.4, 0.5) is 35.1 Å². The number of thioether (sulfide) groups is 1. The highest BCUT2D eigenvalue weighted by atomic mass is 32.2. The Labute approximate surface area is 114 Å². The lowest BCUT2D eigenvalue weighted by atomic mass is 10.0. The lowest BCUT2D eigenvalue weighted by molar-refractivity contribution is -0.284. The molecule has 0 aromatic rings. The Hall–Kier alpha value is -0.720. The molecule has 1 atom stereocenters. The Balaban J connectivity index is 4.51. The Morgan fingerprint density at radius 2 is 1.40 bits per heavy atom. The quantitative estimate of drug-likeness (QED) is 0.645. The molecule has 0 saturated heterocycles. The molecule has 0 amide bonds. The molecular weight excluding hydrogens is 318 g/mol. The molecule has 1 unspecified atom stereocenters. The van der Waals surface area contributed by atoms with Crippen LogP contribution in [0.25, 0.3) is 0 Å². The molecule has 0 aliphatic rings. The molecule has 0 aliphatic heterocycles. The summed E-state index contributed by atoms with van der Waals surface area (Å²) < 4.78 is 95.1. The number of rotatable bonds is 6. The van der Waals surface area contributed by atoms with Crippen molar-refractivity contribution in [1.82, 2.24) is 0 Å². The summed E-state index contributed by atoms with van der Waals surface area (Å²) >= 11 is 0.420. The van der Waals surface area contributed by atoms with Crippen LogP contribution in [-0.2, 0) is 0 Å². The van der Waals surface area contributed by atoms with Gasteiger partial charge in [-0.2, -0.15) is 40.4 Å². The third-order valence-corrected chi connectivity index (χ3v) is 3.71. The van der Waals surface area contributed by atoms with E-state index in [1.807, 2.05) is 0 Å². The molecule has 0 aliphatic carbocycles. The minimum absolute atomic E-state index is 0.420. The molecule has 0 saturated carbocycles. The van der Waals surface area contributed by atoms with Gasteiger partial charge in [0.15, 0.2) is 0 Å². The van der Waals surface area contributed by atoms with E-state index in [1.165, 1.54) is 6.07 Å². The molecule has 0 rings (SSSR count). The van der Waals surface area contributed by atoms with E-state index in [1.54, 1.807) is 0 Å². The molecule has 0 fully saturated rings. The molecule has 0 radical (unpaired) electrons. The molecule has 1 nitrogen and oxygen atoms in total. The Bertz CT molecular complexity index is 356. The van der Waals surface area contributed by atoms with Gasteiger partial charge in [0.1, 0.15) is 0 Å². The lowest BCUT2D eigenvalue weighted by Gasteiger charge is -2.25. The van der Waals surface area contributed by atoms with Crippen LogP contribution >= 0.6 is 11.8 Å². The monoisotopic (exact) mass is 329 g/mol. The molecule has 10 heteroatoms.